The maximum atomic E-state index is 12.5. The molecule has 6 nitrogen and oxygen atoms in total. The molecule has 6 heteroatoms. The second-order valence-electron chi connectivity index (χ2n) is 6.56. The second-order valence-corrected chi connectivity index (χ2v) is 6.56. The van der Waals surface area contributed by atoms with Crippen molar-refractivity contribution in [1.29, 1.82) is 0 Å². The summed E-state index contributed by atoms with van der Waals surface area (Å²) in [5.41, 5.74) is 6.02. The Labute approximate surface area is 132 Å². The predicted octanol–water partition coefficient (Wildman–Crippen LogP) is 2.64. The van der Waals surface area contributed by atoms with E-state index in [-0.39, 0.29) is 17.4 Å². The van der Waals surface area contributed by atoms with Gasteiger partial charge in [-0.1, -0.05) is 32.9 Å². The highest BCUT2D eigenvalue weighted by molar-refractivity contribution is 6.07. The van der Waals surface area contributed by atoms with Gasteiger partial charge in [0.05, 0.1) is 10.9 Å². The molecule has 3 aromatic rings. The van der Waals surface area contributed by atoms with Crippen LogP contribution in [0.2, 0.25) is 0 Å². The fourth-order valence-corrected chi connectivity index (χ4v) is 2.33. The minimum atomic E-state index is -0.578. The van der Waals surface area contributed by atoms with Crippen LogP contribution in [0.25, 0.3) is 21.7 Å². The first-order chi connectivity index (χ1) is 10.8. The summed E-state index contributed by atoms with van der Waals surface area (Å²) in [4.78, 5) is 31.5. The second kappa shape index (κ2) is 5.08. The zero-order valence-corrected chi connectivity index (χ0v) is 13.2. The van der Waals surface area contributed by atoms with Crippen molar-refractivity contribution in [2.24, 2.45) is 5.41 Å². The Morgan fingerprint density at radius 1 is 1.22 bits per heavy atom. The van der Waals surface area contributed by atoms with Gasteiger partial charge in [0.1, 0.15) is 0 Å². The molecule has 23 heavy (non-hydrogen) atoms. The van der Waals surface area contributed by atoms with Crippen molar-refractivity contribution >= 4 is 39.2 Å². The molecule has 1 heterocycles. The van der Waals surface area contributed by atoms with Gasteiger partial charge in [-0.15, -0.1) is 0 Å². The minimum Gasteiger partial charge on any atom is -0.399 e. The molecule has 0 unspecified atom stereocenters. The zero-order chi connectivity index (χ0) is 16.8. The summed E-state index contributed by atoms with van der Waals surface area (Å²) in [5, 5.41) is 4.75. The molecule has 0 saturated heterocycles. The number of amides is 1. The third kappa shape index (κ3) is 2.75. The number of carbonyl (C=O) groups excluding carboxylic acids is 1. The zero-order valence-electron chi connectivity index (χ0n) is 13.2. The molecule has 3 rings (SSSR count). The van der Waals surface area contributed by atoms with Crippen LogP contribution in [-0.4, -0.2) is 15.9 Å². The summed E-state index contributed by atoms with van der Waals surface area (Å²) in [5.74, 6) is -0.0734. The first-order valence-electron chi connectivity index (χ1n) is 7.29. The van der Waals surface area contributed by atoms with E-state index in [1.54, 1.807) is 39.0 Å². The van der Waals surface area contributed by atoms with E-state index in [0.717, 1.165) is 10.8 Å². The number of hydrogen-bond donors (Lipinski definition) is 3. The molecule has 0 fully saturated rings. The Balaban J connectivity index is 2.18. The van der Waals surface area contributed by atoms with Crippen LogP contribution in [-0.2, 0) is 4.79 Å². The largest absolute Gasteiger partial charge is 0.399 e. The molecule has 0 radical (unpaired) electrons. The molecule has 2 aromatic carbocycles. The molecular weight excluding hydrogens is 292 g/mol. The topological polar surface area (TPSA) is 101 Å². The van der Waals surface area contributed by atoms with Crippen molar-refractivity contribution < 1.29 is 4.79 Å². The first kappa shape index (κ1) is 15.0. The van der Waals surface area contributed by atoms with Crippen molar-refractivity contribution in [3.8, 4) is 0 Å². The summed E-state index contributed by atoms with van der Waals surface area (Å²) < 4.78 is 0. The molecule has 4 N–H and O–H groups in total. The summed E-state index contributed by atoms with van der Waals surface area (Å²) in [6, 6.07) is 9.03. The SMILES string of the molecule is CC(C)(C)C(=O)Nc1nc2ccc3ccc(N)cc3c2c(=O)[nH]1. The number of hydrogen-bond acceptors (Lipinski definition) is 4. The van der Waals surface area contributed by atoms with E-state index in [2.05, 4.69) is 15.3 Å². The summed E-state index contributed by atoms with van der Waals surface area (Å²) >= 11 is 0. The number of benzene rings is 2. The number of aromatic nitrogens is 2. The number of aromatic amines is 1. The van der Waals surface area contributed by atoms with Crippen molar-refractivity contribution in [3.63, 3.8) is 0 Å². The number of nitrogen functional groups attached to an aromatic ring is 1. The van der Waals surface area contributed by atoms with Crippen LogP contribution in [0.4, 0.5) is 11.6 Å². The molecule has 1 aromatic heterocycles. The van der Waals surface area contributed by atoms with E-state index in [1.165, 1.54) is 0 Å². The molecule has 0 saturated carbocycles. The number of fused-ring (bicyclic) bond motifs is 3. The summed E-state index contributed by atoms with van der Waals surface area (Å²) in [7, 11) is 0. The van der Waals surface area contributed by atoms with Crippen molar-refractivity contribution in [2.75, 3.05) is 11.1 Å². The van der Waals surface area contributed by atoms with E-state index in [1.807, 2.05) is 12.1 Å². The quantitative estimate of drug-likeness (QED) is 0.475. The molecule has 0 aliphatic carbocycles. The third-order valence-electron chi connectivity index (χ3n) is 3.63. The fourth-order valence-electron chi connectivity index (χ4n) is 2.33. The normalized spacial score (nSPS) is 11.8. The molecule has 0 aliphatic rings. The monoisotopic (exact) mass is 310 g/mol. The maximum Gasteiger partial charge on any atom is 0.260 e. The lowest BCUT2D eigenvalue weighted by Crippen LogP contribution is -2.29. The Hall–Kier alpha value is -2.89. The van der Waals surface area contributed by atoms with Gasteiger partial charge in [0.25, 0.3) is 5.56 Å². The number of H-pyrrole nitrogens is 1. The van der Waals surface area contributed by atoms with Gasteiger partial charge in [-0.05, 0) is 29.0 Å². The van der Waals surface area contributed by atoms with Gasteiger partial charge in [-0.2, -0.15) is 0 Å². The van der Waals surface area contributed by atoms with Gasteiger partial charge in [-0.25, -0.2) is 4.98 Å². The van der Waals surface area contributed by atoms with Crippen LogP contribution in [0.5, 0.6) is 0 Å². The minimum absolute atomic E-state index is 0.144. The van der Waals surface area contributed by atoms with Gasteiger partial charge in [-0.3, -0.25) is 19.9 Å². The average molecular weight is 310 g/mol. The van der Waals surface area contributed by atoms with Crippen LogP contribution in [0.3, 0.4) is 0 Å². The standard InChI is InChI=1S/C17H18N4O2/c1-17(2,3)15(23)21-16-19-12-7-5-9-4-6-10(18)8-11(9)13(12)14(22)20-16/h4-8H,18H2,1-3H3,(H2,19,20,21,22,23). The molecule has 0 spiro atoms. The van der Waals surface area contributed by atoms with E-state index >= 15 is 0 Å². The number of carbonyl (C=O) groups is 1. The van der Waals surface area contributed by atoms with E-state index in [9.17, 15) is 9.59 Å². The molecule has 118 valence electrons. The van der Waals surface area contributed by atoms with Crippen LogP contribution >= 0.6 is 0 Å². The number of nitrogens with one attached hydrogen (secondary N) is 2. The molecule has 1 amide bonds. The fraction of sp³-hybridized carbons (Fsp3) is 0.235. The van der Waals surface area contributed by atoms with Gasteiger partial charge in [0.2, 0.25) is 11.9 Å². The number of nitrogens with two attached hydrogens (primary N) is 1. The highest BCUT2D eigenvalue weighted by atomic mass is 16.2. The first-order valence-corrected chi connectivity index (χ1v) is 7.29. The Morgan fingerprint density at radius 2 is 1.91 bits per heavy atom. The molecule has 0 bridgehead atoms. The van der Waals surface area contributed by atoms with E-state index < -0.39 is 5.41 Å². The summed E-state index contributed by atoms with van der Waals surface area (Å²) in [6.07, 6.45) is 0. The van der Waals surface area contributed by atoms with Gasteiger partial charge in [0.15, 0.2) is 0 Å². The van der Waals surface area contributed by atoms with Crippen molar-refractivity contribution in [2.45, 2.75) is 20.8 Å². The van der Waals surface area contributed by atoms with Crippen LogP contribution in [0.15, 0.2) is 35.1 Å². The smallest absolute Gasteiger partial charge is 0.260 e. The van der Waals surface area contributed by atoms with E-state index in [0.29, 0.717) is 16.6 Å². The van der Waals surface area contributed by atoms with E-state index in [4.69, 9.17) is 5.73 Å². The van der Waals surface area contributed by atoms with Gasteiger partial charge < -0.3 is 5.73 Å². The predicted molar refractivity (Wildman–Crippen MR) is 92.4 cm³/mol. The van der Waals surface area contributed by atoms with Crippen molar-refractivity contribution in [1.82, 2.24) is 9.97 Å². The Bertz CT molecular complexity index is 983. The van der Waals surface area contributed by atoms with Crippen LogP contribution in [0, 0.1) is 5.41 Å². The highest BCUT2D eigenvalue weighted by Gasteiger charge is 2.22. The number of anilines is 2. The lowest BCUT2D eigenvalue weighted by Gasteiger charge is -2.17. The summed E-state index contributed by atoms with van der Waals surface area (Å²) in [6.45, 7) is 5.37. The van der Waals surface area contributed by atoms with Gasteiger partial charge in [0, 0.05) is 11.1 Å². The van der Waals surface area contributed by atoms with Crippen LogP contribution in [0.1, 0.15) is 20.8 Å². The average Bonchev–Trinajstić information content (AvgIpc) is 2.45. The third-order valence-corrected chi connectivity index (χ3v) is 3.63. The maximum absolute atomic E-state index is 12.5. The molecule has 0 aliphatic heterocycles. The number of rotatable bonds is 1. The molecule has 0 atom stereocenters. The Morgan fingerprint density at radius 3 is 2.61 bits per heavy atom. The highest BCUT2D eigenvalue weighted by Crippen LogP contribution is 2.24. The lowest BCUT2D eigenvalue weighted by molar-refractivity contribution is -0.123. The molecular formula is C17H18N4O2. The Kier molecular flexibility index (Phi) is 3.32. The lowest BCUT2D eigenvalue weighted by atomic mass is 9.96. The van der Waals surface area contributed by atoms with Crippen LogP contribution < -0.4 is 16.6 Å². The van der Waals surface area contributed by atoms with Gasteiger partial charge >= 0.3 is 0 Å². The number of nitrogens with zero attached hydrogens (tertiary/aromatic N) is 1. The van der Waals surface area contributed by atoms with Crippen molar-refractivity contribution in [3.05, 3.63) is 40.7 Å².